The summed E-state index contributed by atoms with van der Waals surface area (Å²) in [5.74, 6) is -0.602. The third kappa shape index (κ3) is 2.65. The van der Waals surface area contributed by atoms with Gasteiger partial charge < -0.3 is 14.8 Å². The van der Waals surface area contributed by atoms with Crippen LogP contribution in [0.2, 0.25) is 0 Å². The summed E-state index contributed by atoms with van der Waals surface area (Å²) >= 11 is 0. The van der Waals surface area contributed by atoms with Gasteiger partial charge in [0.05, 0.1) is 12.3 Å². The molecule has 2 rings (SSSR count). The first-order chi connectivity index (χ1) is 9.13. The summed E-state index contributed by atoms with van der Waals surface area (Å²) in [6, 6.07) is 10.1. The summed E-state index contributed by atoms with van der Waals surface area (Å²) in [5, 5.41) is 8.82. The molecule has 2 aromatic rings. The average Bonchev–Trinajstić information content (AvgIpc) is 2.39. The molecule has 0 aliphatic carbocycles. The summed E-state index contributed by atoms with van der Waals surface area (Å²) in [4.78, 5) is 25.0. The Kier molecular flexibility index (Phi) is 3.66. The molecule has 5 nitrogen and oxygen atoms in total. The zero-order valence-electron chi connectivity index (χ0n) is 10.3. The van der Waals surface area contributed by atoms with E-state index >= 15 is 0 Å². The van der Waals surface area contributed by atoms with Gasteiger partial charge in [0.25, 0.3) is 5.56 Å². The van der Waals surface area contributed by atoms with E-state index in [1.165, 1.54) is 6.07 Å². The van der Waals surface area contributed by atoms with Crippen molar-refractivity contribution in [3.05, 3.63) is 52.3 Å². The lowest BCUT2D eigenvalue weighted by Crippen LogP contribution is -2.17. The number of H-pyrrole nitrogens is 1. The normalized spacial score (nSPS) is 10.2. The highest BCUT2D eigenvalue weighted by Crippen LogP contribution is 2.27. The molecule has 1 aromatic heterocycles. The van der Waals surface area contributed by atoms with Gasteiger partial charge in [0.1, 0.15) is 11.3 Å². The highest BCUT2D eigenvalue weighted by molar-refractivity contribution is 5.87. The van der Waals surface area contributed by atoms with Gasteiger partial charge in [-0.25, -0.2) is 4.79 Å². The van der Waals surface area contributed by atoms with Gasteiger partial charge in [-0.05, 0) is 31.2 Å². The summed E-state index contributed by atoms with van der Waals surface area (Å²) < 4.78 is 5.47. The van der Waals surface area contributed by atoms with E-state index in [1.807, 2.05) is 19.1 Å². The Morgan fingerprint density at radius 1 is 1.26 bits per heavy atom. The van der Waals surface area contributed by atoms with Crippen molar-refractivity contribution in [2.24, 2.45) is 0 Å². The van der Waals surface area contributed by atoms with E-state index < -0.39 is 11.5 Å². The number of hydrogen-bond acceptors (Lipinski definition) is 3. The number of nitrogens with one attached hydrogen (secondary N) is 1. The van der Waals surface area contributed by atoms with Gasteiger partial charge in [-0.3, -0.25) is 4.79 Å². The lowest BCUT2D eigenvalue weighted by atomic mass is 10.1. The molecule has 0 spiro atoms. The number of rotatable bonds is 4. The van der Waals surface area contributed by atoms with Gasteiger partial charge in [-0.2, -0.15) is 0 Å². The van der Waals surface area contributed by atoms with Crippen molar-refractivity contribution in [3.8, 4) is 17.0 Å². The first-order valence-corrected chi connectivity index (χ1v) is 5.82. The molecular weight excluding hydrogens is 246 g/mol. The fourth-order valence-corrected chi connectivity index (χ4v) is 1.77. The molecule has 0 saturated heterocycles. The molecule has 5 heteroatoms. The maximum Gasteiger partial charge on any atom is 0.341 e. The quantitative estimate of drug-likeness (QED) is 0.881. The summed E-state index contributed by atoms with van der Waals surface area (Å²) in [6.07, 6.45) is 0. The number of aromatic nitrogens is 1. The SMILES string of the molecule is CCOc1ccccc1-c1ccc(C(=O)O)c(=O)[nH]1. The van der Waals surface area contributed by atoms with Crippen LogP contribution in [0.5, 0.6) is 5.75 Å². The number of pyridine rings is 1. The maximum absolute atomic E-state index is 11.6. The van der Waals surface area contributed by atoms with Gasteiger partial charge in [-0.1, -0.05) is 12.1 Å². The van der Waals surface area contributed by atoms with Crippen molar-refractivity contribution >= 4 is 5.97 Å². The van der Waals surface area contributed by atoms with E-state index in [4.69, 9.17) is 9.84 Å². The van der Waals surface area contributed by atoms with Crippen LogP contribution < -0.4 is 10.3 Å². The number of aromatic amines is 1. The molecule has 0 aliphatic heterocycles. The Balaban J connectivity index is 2.51. The van der Waals surface area contributed by atoms with Crippen molar-refractivity contribution < 1.29 is 14.6 Å². The molecular formula is C14H13NO4. The van der Waals surface area contributed by atoms with Crippen molar-refractivity contribution in [3.63, 3.8) is 0 Å². The molecule has 1 heterocycles. The van der Waals surface area contributed by atoms with Crippen LogP contribution in [0.4, 0.5) is 0 Å². The van der Waals surface area contributed by atoms with Gasteiger partial charge >= 0.3 is 5.97 Å². The van der Waals surface area contributed by atoms with E-state index in [0.717, 1.165) is 5.56 Å². The maximum atomic E-state index is 11.6. The van der Waals surface area contributed by atoms with Crippen LogP contribution in [0, 0.1) is 0 Å². The third-order valence-electron chi connectivity index (χ3n) is 2.62. The van der Waals surface area contributed by atoms with E-state index in [1.54, 1.807) is 18.2 Å². The molecule has 2 N–H and O–H groups in total. The molecule has 0 atom stereocenters. The molecule has 19 heavy (non-hydrogen) atoms. The minimum atomic E-state index is -1.24. The van der Waals surface area contributed by atoms with E-state index in [0.29, 0.717) is 18.1 Å². The second kappa shape index (κ2) is 5.39. The zero-order chi connectivity index (χ0) is 13.8. The first-order valence-electron chi connectivity index (χ1n) is 5.82. The van der Waals surface area contributed by atoms with Crippen molar-refractivity contribution in [1.82, 2.24) is 4.98 Å². The molecule has 0 bridgehead atoms. The van der Waals surface area contributed by atoms with Crippen LogP contribution in [0.15, 0.2) is 41.2 Å². The Hall–Kier alpha value is -2.56. The van der Waals surface area contributed by atoms with Gasteiger partial charge in [-0.15, -0.1) is 0 Å². The second-order valence-corrected chi connectivity index (χ2v) is 3.85. The van der Waals surface area contributed by atoms with Crippen LogP contribution >= 0.6 is 0 Å². The van der Waals surface area contributed by atoms with E-state index in [2.05, 4.69) is 4.98 Å². The van der Waals surface area contributed by atoms with Crippen LogP contribution in [0.3, 0.4) is 0 Å². The Bertz CT molecular complexity index is 660. The fourth-order valence-electron chi connectivity index (χ4n) is 1.77. The van der Waals surface area contributed by atoms with E-state index in [-0.39, 0.29) is 5.56 Å². The first kappa shape index (κ1) is 12.9. The summed E-state index contributed by atoms with van der Waals surface area (Å²) in [7, 11) is 0. The fraction of sp³-hybridized carbons (Fsp3) is 0.143. The standard InChI is InChI=1S/C14H13NO4/c1-2-19-12-6-4-3-5-9(12)11-8-7-10(14(17)18)13(16)15-11/h3-8H,2H2,1H3,(H,15,16)(H,17,18). The minimum Gasteiger partial charge on any atom is -0.493 e. The second-order valence-electron chi connectivity index (χ2n) is 3.85. The monoisotopic (exact) mass is 259 g/mol. The lowest BCUT2D eigenvalue weighted by Gasteiger charge is -2.09. The number of carboxylic acid groups (broad SMARTS) is 1. The van der Waals surface area contributed by atoms with Gasteiger partial charge in [0, 0.05) is 5.56 Å². The number of carbonyl (C=O) groups is 1. The Morgan fingerprint density at radius 2 is 2.00 bits per heavy atom. The van der Waals surface area contributed by atoms with E-state index in [9.17, 15) is 9.59 Å². The van der Waals surface area contributed by atoms with Crippen molar-refractivity contribution in [2.45, 2.75) is 6.92 Å². The van der Waals surface area contributed by atoms with Crippen LogP contribution in [0.25, 0.3) is 11.3 Å². The van der Waals surface area contributed by atoms with Crippen molar-refractivity contribution in [2.75, 3.05) is 6.61 Å². The molecule has 98 valence electrons. The molecule has 0 radical (unpaired) electrons. The van der Waals surface area contributed by atoms with Crippen LogP contribution in [-0.4, -0.2) is 22.7 Å². The highest BCUT2D eigenvalue weighted by atomic mass is 16.5. The molecule has 0 unspecified atom stereocenters. The largest absolute Gasteiger partial charge is 0.493 e. The average molecular weight is 259 g/mol. The predicted molar refractivity (Wildman–Crippen MR) is 70.6 cm³/mol. The Morgan fingerprint density at radius 3 is 2.63 bits per heavy atom. The number of carboxylic acids is 1. The minimum absolute atomic E-state index is 0.280. The van der Waals surface area contributed by atoms with Gasteiger partial charge in [0.2, 0.25) is 0 Å². The van der Waals surface area contributed by atoms with Gasteiger partial charge in [0.15, 0.2) is 0 Å². The van der Waals surface area contributed by atoms with Crippen LogP contribution in [0.1, 0.15) is 17.3 Å². The molecule has 0 saturated carbocycles. The predicted octanol–water partition coefficient (Wildman–Crippen LogP) is 2.14. The number of para-hydroxylation sites is 1. The van der Waals surface area contributed by atoms with Crippen LogP contribution in [-0.2, 0) is 0 Å². The number of aromatic carboxylic acids is 1. The molecule has 1 aromatic carbocycles. The smallest absolute Gasteiger partial charge is 0.341 e. The number of hydrogen-bond donors (Lipinski definition) is 2. The summed E-state index contributed by atoms with van der Waals surface area (Å²) in [5.41, 5.74) is 0.339. The molecule has 0 fully saturated rings. The number of benzene rings is 1. The number of ether oxygens (including phenoxy) is 1. The van der Waals surface area contributed by atoms with Crippen molar-refractivity contribution in [1.29, 1.82) is 0 Å². The highest BCUT2D eigenvalue weighted by Gasteiger charge is 2.11. The summed E-state index contributed by atoms with van der Waals surface area (Å²) in [6.45, 7) is 2.38. The zero-order valence-corrected chi connectivity index (χ0v) is 10.3. The molecule has 0 amide bonds. The Labute approximate surface area is 109 Å². The third-order valence-corrected chi connectivity index (χ3v) is 2.62. The molecule has 0 aliphatic rings. The topological polar surface area (TPSA) is 79.4 Å². The lowest BCUT2D eigenvalue weighted by molar-refractivity contribution is 0.0695.